The first-order chi connectivity index (χ1) is 6.57. The van der Waals surface area contributed by atoms with E-state index in [2.05, 4.69) is 12.2 Å². The SMILES string of the molecule is CCCCCNC(=O)N(C)CC(=O)O. The van der Waals surface area contributed by atoms with Gasteiger partial charge in [-0.05, 0) is 6.42 Å². The maximum Gasteiger partial charge on any atom is 0.323 e. The van der Waals surface area contributed by atoms with Gasteiger partial charge in [-0.3, -0.25) is 4.79 Å². The van der Waals surface area contributed by atoms with Crippen molar-refractivity contribution in [1.29, 1.82) is 0 Å². The molecule has 14 heavy (non-hydrogen) atoms. The number of nitrogens with zero attached hydrogens (tertiary/aromatic N) is 1. The molecule has 0 aliphatic carbocycles. The van der Waals surface area contributed by atoms with E-state index >= 15 is 0 Å². The van der Waals surface area contributed by atoms with E-state index in [0.717, 1.165) is 24.2 Å². The van der Waals surface area contributed by atoms with Crippen LogP contribution in [0.3, 0.4) is 0 Å². The molecule has 0 saturated heterocycles. The largest absolute Gasteiger partial charge is 0.480 e. The zero-order chi connectivity index (χ0) is 11.0. The number of carbonyl (C=O) groups is 2. The Labute approximate surface area is 84.1 Å². The maximum atomic E-state index is 11.2. The summed E-state index contributed by atoms with van der Waals surface area (Å²) in [5.41, 5.74) is 0. The molecular weight excluding hydrogens is 184 g/mol. The van der Waals surface area contributed by atoms with E-state index in [-0.39, 0.29) is 12.6 Å². The molecule has 5 nitrogen and oxygen atoms in total. The molecule has 82 valence electrons. The molecule has 0 rings (SSSR count). The molecule has 2 N–H and O–H groups in total. The van der Waals surface area contributed by atoms with E-state index in [0.29, 0.717) is 6.54 Å². The number of rotatable bonds is 6. The molecule has 2 amide bonds. The van der Waals surface area contributed by atoms with Gasteiger partial charge in [-0.2, -0.15) is 0 Å². The fraction of sp³-hybridized carbons (Fsp3) is 0.778. The highest BCUT2D eigenvalue weighted by atomic mass is 16.4. The van der Waals surface area contributed by atoms with Crippen molar-refractivity contribution in [3.8, 4) is 0 Å². The quantitative estimate of drug-likeness (QED) is 0.629. The lowest BCUT2D eigenvalue weighted by molar-refractivity contribution is -0.137. The summed E-state index contributed by atoms with van der Waals surface area (Å²) in [5.74, 6) is -1.00. The first kappa shape index (κ1) is 12.7. The fourth-order valence-corrected chi connectivity index (χ4v) is 0.980. The van der Waals surface area contributed by atoms with Crippen LogP contribution in [0, 0.1) is 0 Å². The first-order valence-electron chi connectivity index (χ1n) is 4.78. The van der Waals surface area contributed by atoms with Crippen LogP contribution < -0.4 is 5.32 Å². The highest BCUT2D eigenvalue weighted by molar-refractivity contribution is 5.79. The van der Waals surface area contributed by atoms with Crippen LogP contribution in [0.1, 0.15) is 26.2 Å². The Morgan fingerprint density at radius 1 is 1.36 bits per heavy atom. The van der Waals surface area contributed by atoms with Crippen molar-refractivity contribution in [2.45, 2.75) is 26.2 Å². The van der Waals surface area contributed by atoms with Crippen LogP contribution in [-0.4, -0.2) is 42.1 Å². The standard InChI is InChI=1S/C9H18N2O3/c1-3-4-5-6-10-9(14)11(2)7-8(12)13/h3-7H2,1-2H3,(H,10,14)(H,12,13). The van der Waals surface area contributed by atoms with Gasteiger partial charge in [0.25, 0.3) is 0 Å². The molecule has 0 aromatic rings. The van der Waals surface area contributed by atoms with Crippen LogP contribution in [0.15, 0.2) is 0 Å². The van der Waals surface area contributed by atoms with Gasteiger partial charge in [-0.25, -0.2) is 4.79 Å². The van der Waals surface area contributed by atoms with E-state index < -0.39 is 5.97 Å². The Bertz CT molecular complexity index is 194. The van der Waals surface area contributed by atoms with Crippen LogP contribution in [0.4, 0.5) is 4.79 Å². The fourth-order valence-electron chi connectivity index (χ4n) is 0.980. The predicted octanol–water partition coefficient (Wildman–Crippen LogP) is 0.903. The molecule has 0 spiro atoms. The average molecular weight is 202 g/mol. The topological polar surface area (TPSA) is 69.6 Å². The lowest BCUT2D eigenvalue weighted by Gasteiger charge is -2.15. The van der Waals surface area contributed by atoms with Crippen LogP contribution in [0.5, 0.6) is 0 Å². The van der Waals surface area contributed by atoms with Crippen molar-refractivity contribution < 1.29 is 14.7 Å². The lowest BCUT2D eigenvalue weighted by atomic mass is 10.2. The smallest absolute Gasteiger partial charge is 0.323 e. The number of likely N-dealkylation sites (N-methyl/N-ethyl adjacent to an activating group) is 1. The molecule has 0 aromatic heterocycles. The number of carbonyl (C=O) groups excluding carboxylic acids is 1. The Kier molecular flexibility index (Phi) is 6.53. The van der Waals surface area contributed by atoms with Crippen LogP contribution in [0.25, 0.3) is 0 Å². The summed E-state index contributed by atoms with van der Waals surface area (Å²) in [4.78, 5) is 22.6. The number of carboxylic acids is 1. The molecule has 0 radical (unpaired) electrons. The number of urea groups is 1. The molecule has 0 aromatic carbocycles. The van der Waals surface area contributed by atoms with Gasteiger partial charge < -0.3 is 15.3 Å². The molecule has 0 aliphatic rings. The summed E-state index contributed by atoms with van der Waals surface area (Å²) in [6.45, 7) is 2.43. The van der Waals surface area contributed by atoms with Gasteiger partial charge in [-0.15, -0.1) is 0 Å². The van der Waals surface area contributed by atoms with Gasteiger partial charge >= 0.3 is 12.0 Å². The van der Waals surface area contributed by atoms with Crippen LogP contribution in [0.2, 0.25) is 0 Å². The van der Waals surface area contributed by atoms with Gasteiger partial charge in [0.1, 0.15) is 6.54 Å². The zero-order valence-corrected chi connectivity index (χ0v) is 8.75. The monoisotopic (exact) mass is 202 g/mol. The predicted molar refractivity (Wildman–Crippen MR) is 53.2 cm³/mol. The summed E-state index contributed by atoms with van der Waals surface area (Å²) in [6.07, 6.45) is 3.10. The second-order valence-electron chi connectivity index (χ2n) is 3.19. The number of hydrogen-bond donors (Lipinski definition) is 2. The molecule has 5 heteroatoms. The van der Waals surface area contributed by atoms with E-state index in [9.17, 15) is 9.59 Å². The number of carboxylic acid groups (broad SMARTS) is 1. The second kappa shape index (κ2) is 7.17. The zero-order valence-electron chi connectivity index (χ0n) is 8.75. The van der Waals surface area contributed by atoms with E-state index in [1.54, 1.807) is 0 Å². The minimum atomic E-state index is -1.00. The highest BCUT2D eigenvalue weighted by Crippen LogP contribution is 1.92. The van der Waals surface area contributed by atoms with Gasteiger partial charge in [-0.1, -0.05) is 19.8 Å². The summed E-state index contributed by atoms with van der Waals surface area (Å²) in [5, 5.41) is 11.1. The minimum Gasteiger partial charge on any atom is -0.480 e. The number of aliphatic carboxylic acids is 1. The number of unbranched alkanes of at least 4 members (excludes halogenated alkanes) is 2. The van der Waals surface area contributed by atoms with Gasteiger partial charge in [0, 0.05) is 13.6 Å². The Morgan fingerprint density at radius 3 is 2.50 bits per heavy atom. The normalized spacial score (nSPS) is 9.57. The molecule has 0 bridgehead atoms. The molecule has 0 unspecified atom stereocenters. The average Bonchev–Trinajstić information content (AvgIpc) is 2.11. The summed E-state index contributed by atoms with van der Waals surface area (Å²) >= 11 is 0. The summed E-state index contributed by atoms with van der Waals surface area (Å²) in [7, 11) is 1.46. The van der Waals surface area contributed by atoms with E-state index in [1.165, 1.54) is 7.05 Å². The summed E-state index contributed by atoms with van der Waals surface area (Å²) < 4.78 is 0. The first-order valence-corrected chi connectivity index (χ1v) is 4.78. The van der Waals surface area contributed by atoms with Crippen molar-refractivity contribution in [3.63, 3.8) is 0 Å². The number of amides is 2. The molecular formula is C9H18N2O3. The van der Waals surface area contributed by atoms with Gasteiger partial charge in [0.2, 0.25) is 0 Å². The molecule has 0 aliphatic heterocycles. The Hall–Kier alpha value is -1.26. The number of nitrogens with one attached hydrogen (secondary N) is 1. The lowest BCUT2D eigenvalue weighted by Crippen LogP contribution is -2.40. The molecule has 0 saturated carbocycles. The third-order valence-corrected chi connectivity index (χ3v) is 1.78. The van der Waals surface area contributed by atoms with Crippen molar-refractivity contribution in [2.24, 2.45) is 0 Å². The van der Waals surface area contributed by atoms with Crippen LogP contribution >= 0.6 is 0 Å². The summed E-state index contributed by atoms with van der Waals surface area (Å²) in [6, 6.07) is -0.330. The Balaban J connectivity index is 3.57. The van der Waals surface area contributed by atoms with Gasteiger partial charge in [0.15, 0.2) is 0 Å². The number of hydrogen-bond acceptors (Lipinski definition) is 2. The molecule has 0 heterocycles. The molecule has 0 fully saturated rings. The van der Waals surface area contributed by atoms with Crippen molar-refractivity contribution in [2.75, 3.05) is 20.1 Å². The molecule has 0 atom stereocenters. The maximum absolute atomic E-state index is 11.2. The Morgan fingerprint density at radius 2 is 2.00 bits per heavy atom. The van der Waals surface area contributed by atoms with Gasteiger partial charge in [0.05, 0.1) is 0 Å². The third kappa shape index (κ3) is 6.28. The van der Waals surface area contributed by atoms with E-state index in [4.69, 9.17) is 5.11 Å². The highest BCUT2D eigenvalue weighted by Gasteiger charge is 2.10. The van der Waals surface area contributed by atoms with E-state index in [1.807, 2.05) is 0 Å². The van der Waals surface area contributed by atoms with Crippen molar-refractivity contribution in [1.82, 2.24) is 10.2 Å². The second-order valence-corrected chi connectivity index (χ2v) is 3.19. The van der Waals surface area contributed by atoms with Crippen molar-refractivity contribution >= 4 is 12.0 Å². The van der Waals surface area contributed by atoms with Crippen molar-refractivity contribution in [3.05, 3.63) is 0 Å². The van der Waals surface area contributed by atoms with Crippen LogP contribution in [-0.2, 0) is 4.79 Å². The minimum absolute atomic E-state index is 0.264. The third-order valence-electron chi connectivity index (χ3n) is 1.78.